The summed E-state index contributed by atoms with van der Waals surface area (Å²) in [5.74, 6) is 0.508. The molecule has 0 unspecified atom stereocenters. The summed E-state index contributed by atoms with van der Waals surface area (Å²) < 4.78 is 7.15. The van der Waals surface area contributed by atoms with Crippen LogP contribution in [-0.4, -0.2) is 11.6 Å². The molecule has 3 heteroatoms. The fourth-order valence-corrected chi connectivity index (χ4v) is 5.83. The van der Waals surface area contributed by atoms with E-state index in [1.165, 1.54) is 18.4 Å². The topological polar surface area (TPSA) is 26.3 Å². The van der Waals surface area contributed by atoms with E-state index in [-0.39, 0.29) is 22.4 Å². The van der Waals surface area contributed by atoms with Gasteiger partial charge in [0.05, 0.1) is 5.56 Å². The standard InChI is InChI=1S/C22H21BrO2/c1-20(16-9-10-16)21(17-5-3-2-4-6-17)13-22(20,14-21)25-19(24)15-7-11-18(23)12-8-15/h2-8,11-12,16H,9-10,13-14H2,1H3/t20-,21?,22?/m0/s1. The number of esters is 1. The second kappa shape index (κ2) is 4.97. The molecule has 0 spiro atoms. The Bertz CT molecular complexity index is 832. The van der Waals surface area contributed by atoms with Gasteiger partial charge in [0.25, 0.3) is 0 Å². The summed E-state index contributed by atoms with van der Waals surface area (Å²) in [6, 6.07) is 18.3. The first-order valence-electron chi connectivity index (χ1n) is 9.05. The third-order valence-corrected chi connectivity index (χ3v) is 7.73. The van der Waals surface area contributed by atoms with Crippen molar-refractivity contribution in [3.8, 4) is 0 Å². The summed E-state index contributed by atoms with van der Waals surface area (Å²) in [4.78, 5) is 12.7. The second-order valence-electron chi connectivity index (χ2n) is 8.17. The summed E-state index contributed by atoms with van der Waals surface area (Å²) in [6.07, 6.45) is 4.48. The van der Waals surface area contributed by atoms with Crippen LogP contribution in [0, 0.1) is 11.3 Å². The molecule has 2 bridgehead atoms. The largest absolute Gasteiger partial charge is 0.455 e. The lowest BCUT2D eigenvalue weighted by Gasteiger charge is -2.81. The van der Waals surface area contributed by atoms with Crippen molar-refractivity contribution in [2.75, 3.05) is 0 Å². The molecule has 128 valence electrons. The lowest BCUT2D eigenvalue weighted by molar-refractivity contribution is -0.341. The van der Waals surface area contributed by atoms with E-state index in [0.717, 1.165) is 17.3 Å². The lowest BCUT2D eigenvalue weighted by Crippen LogP contribution is -2.85. The maximum absolute atomic E-state index is 12.7. The van der Waals surface area contributed by atoms with Crippen LogP contribution in [0.1, 0.15) is 48.5 Å². The van der Waals surface area contributed by atoms with Crippen molar-refractivity contribution in [3.05, 3.63) is 70.2 Å². The fourth-order valence-electron chi connectivity index (χ4n) is 5.57. The van der Waals surface area contributed by atoms with Crippen molar-refractivity contribution in [1.82, 2.24) is 0 Å². The van der Waals surface area contributed by atoms with Crippen LogP contribution in [0.3, 0.4) is 0 Å². The zero-order valence-corrected chi connectivity index (χ0v) is 15.9. The van der Waals surface area contributed by atoms with Crippen LogP contribution < -0.4 is 0 Å². The Kier molecular flexibility index (Phi) is 3.11. The summed E-state index contributed by atoms with van der Waals surface area (Å²) in [6.45, 7) is 2.36. The van der Waals surface area contributed by atoms with Gasteiger partial charge in [-0.1, -0.05) is 53.2 Å². The van der Waals surface area contributed by atoms with Crippen molar-refractivity contribution < 1.29 is 9.53 Å². The average molecular weight is 397 g/mol. The molecule has 0 heterocycles. The van der Waals surface area contributed by atoms with Crippen LogP contribution in [-0.2, 0) is 10.2 Å². The van der Waals surface area contributed by atoms with Crippen LogP contribution in [0.4, 0.5) is 0 Å². The van der Waals surface area contributed by atoms with Gasteiger partial charge in [-0.2, -0.15) is 0 Å². The first-order chi connectivity index (χ1) is 12.0. The molecule has 1 atom stereocenters. The zero-order chi connectivity index (χ0) is 17.3. The third kappa shape index (κ3) is 1.88. The Morgan fingerprint density at radius 2 is 1.68 bits per heavy atom. The molecule has 2 nitrogen and oxygen atoms in total. The third-order valence-electron chi connectivity index (χ3n) is 7.20. The molecule has 0 radical (unpaired) electrons. The maximum Gasteiger partial charge on any atom is 0.338 e. The minimum Gasteiger partial charge on any atom is -0.455 e. The number of hydrogen-bond donors (Lipinski definition) is 0. The molecule has 0 aromatic heterocycles. The first-order valence-corrected chi connectivity index (χ1v) is 9.85. The minimum atomic E-state index is -0.270. The van der Waals surface area contributed by atoms with Gasteiger partial charge >= 0.3 is 5.97 Å². The minimum absolute atomic E-state index is 0.0897. The molecule has 4 fully saturated rings. The Morgan fingerprint density at radius 1 is 1.04 bits per heavy atom. The number of rotatable bonds is 4. The van der Waals surface area contributed by atoms with E-state index < -0.39 is 0 Å². The quantitative estimate of drug-likeness (QED) is 0.637. The van der Waals surface area contributed by atoms with Gasteiger partial charge in [-0.05, 0) is 61.4 Å². The smallest absolute Gasteiger partial charge is 0.338 e. The van der Waals surface area contributed by atoms with Gasteiger partial charge in [0.1, 0.15) is 5.60 Å². The highest BCUT2D eigenvalue weighted by atomic mass is 79.9. The maximum atomic E-state index is 12.7. The molecule has 0 N–H and O–H groups in total. The molecule has 6 rings (SSSR count). The normalized spacial score (nSPS) is 35.4. The van der Waals surface area contributed by atoms with E-state index >= 15 is 0 Å². The lowest BCUT2D eigenvalue weighted by atomic mass is 9.24. The second-order valence-corrected chi connectivity index (χ2v) is 9.08. The summed E-state index contributed by atoms with van der Waals surface area (Å²) in [5, 5.41) is 0. The van der Waals surface area contributed by atoms with Crippen LogP contribution in [0.15, 0.2) is 59.1 Å². The van der Waals surface area contributed by atoms with Crippen molar-refractivity contribution in [1.29, 1.82) is 0 Å². The van der Waals surface area contributed by atoms with E-state index in [0.29, 0.717) is 11.5 Å². The van der Waals surface area contributed by atoms with E-state index in [1.54, 1.807) is 0 Å². The Morgan fingerprint density at radius 3 is 2.28 bits per heavy atom. The van der Waals surface area contributed by atoms with Gasteiger partial charge in [0.15, 0.2) is 0 Å². The van der Waals surface area contributed by atoms with Crippen molar-refractivity contribution in [2.24, 2.45) is 11.3 Å². The number of carbonyl (C=O) groups excluding carboxylic acids is 1. The highest BCUT2D eigenvalue weighted by Gasteiger charge is 2.87. The molecule has 25 heavy (non-hydrogen) atoms. The van der Waals surface area contributed by atoms with Gasteiger partial charge < -0.3 is 4.74 Å². The average Bonchev–Trinajstić information content (AvgIpc) is 3.43. The molecular weight excluding hydrogens is 376 g/mol. The van der Waals surface area contributed by atoms with Gasteiger partial charge in [0.2, 0.25) is 0 Å². The Hall–Kier alpha value is -1.61. The highest BCUT2D eigenvalue weighted by molar-refractivity contribution is 9.10. The van der Waals surface area contributed by atoms with Crippen molar-refractivity contribution >= 4 is 21.9 Å². The predicted molar refractivity (Wildman–Crippen MR) is 100 cm³/mol. The number of hydrogen-bond acceptors (Lipinski definition) is 2. The molecule has 2 aromatic carbocycles. The van der Waals surface area contributed by atoms with E-state index in [1.807, 2.05) is 24.3 Å². The fraction of sp³-hybridized carbons (Fsp3) is 0.409. The van der Waals surface area contributed by atoms with Crippen LogP contribution >= 0.6 is 15.9 Å². The van der Waals surface area contributed by atoms with Crippen LogP contribution in [0.25, 0.3) is 0 Å². The Labute approximate surface area is 156 Å². The molecule has 4 aliphatic rings. The first kappa shape index (κ1) is 15.6. The summed E-state index contributed by atoms with van der Waals surface area (Å²) in [5.41, 5.74) is 2.08. The van der Waals surface area contributed by atoms with Crippen LogP contribution in [0.5, 0.6) is 0 Å². The monoisotopic (exact) mass is 396 g/mol. The number of ether oxygens (including phenoxy) is 1. The zero-order valence-electron chi connectivity index (χ0n) is 14.3. The van der Waals surface area contributed by atoms with E-state index in [9.17, 15) is 4.79 Å². The SMILES string of the molecule is C[C@@]1(C2CC2)C2(OC(=O)c3ccc(Br)cc3)CC1(c1ccccc1)C2. The highest BCUT2D eigenvalue weighted by Crippen LogP contribution is 2.85. The van der Waals surface area contributed by atoms with Gasteiger partial charge in [-0.3, -0.25) is 0 Å². The Balaban J connectivity index is 1.44. The molecule has 4 saturated carbocycles. The number of carbonyl (C=O) groups is 1. The number of benzene rings is 2. The van der Waals surface area contributed by atoms with Crippen LogP contribution in [0.2, 0.25) is 0 Å². The molecule has 0 amide bonds. The van der Waals surface area contributed by atoms with Gasteiger partial charge in [-0.25, -0.2) is 4.79 Å². The molecule has 2 aromatic rings. The molecular formula is C22H21BrO2. The van der Waals surface area contributed by atoms with Gasteiger partial charge in [0, 0.05) is 15.3 Å². The molecule has 4 aliphatic carbocycles. The van der Waals surface area contributed by atoms with E-state index in [2.05, 4.69) is 53.2 Å². The molecule has 0 saturated heterocycles. The van der Waals surface area contributed by atoms with Crippen molar-refractivity contribution in [2.45, 2.75) is 43.6 Å². The van der Waals surface area contributed by atoms with Crippen molar-refractivity contribution in [3.63, 3.8) is 0 Å². The summed E-state index contributed by atoms with van der Waals surface area (Å²) >= 11 is 3.41. The van der Waals surface area contributed by atoms with Gasteiger partial charge in [-0.15, -0.1) is 0 Å². The molecule has 0 aliphatic heterocycles. The predicted octanol–water partition coefficient (Wildman–Crippen LogP) is 5.51. The van der Waals surface area contributed by atoms with E-state index in [4.69, 9.17) is 4.74 Å². The summed E-state index contributed by atoms with van der Waals surface area (Å²) in [7, 11) is 0. The number of halogens is 1.